The molecule has 2 rings (SSSR count). The van der Waals surface area contributed by atoms with Crippen molar-refractivity contribution in [1.29, 1.82) is 0 Å². The first-order valence-corrected chi connectivity index (χ1v) is 6.87. The average Bonchev–Trinajstić information content (AvgIpc) is 2.87. The van der Waals surface area contributed by atoms with E-state index in [1.807, 2.05) is 18.4 Å². The minimum Gasteiger partial charge on any atom is -0.322 e. The number of aromatic nitrogens is 1. The number of nitro groups is 1. The lowest BCUT2D eigenvalue weighted by molar-refractivity contribution is -0.385. The summed E-state index contributed by atoms with van der Waals surface area (Å²) >= 11 is 1.49. The van der Waals surface area contributed by atoms with E-state index in [9.17, 15) is 10.1 Å². The maximum Gasteiger partial charge on any atom is 0.272 e. The van der Waals surface area contributed by atoms with E-state index in [-0.39, 0.29) is 16.7 Å². The van der Waals surface area contributed by atoms with Gasteiger partial charge in [-0.2, -0.15) is 0 Å². The van der Waals surface area contributed by atoms with Crippen molar-refractivity contribution in [2.75, 3.05) is 0 Å². The van der Waals surface area contributed by atoms with E-state index in [1.54, 1.807) is 19.1 Å². The summed E-state index contributed by atoms with van der Waals surface area (Å²) in [6.07, 6.45) is 0.820. The number of nitrogens with two attached hydrogens (primary N) is 1. The van der Waals surface area contributed by atoms with Crippen LogP contribution in [0, 0.1) is 17.0 Å². The van der Waals surface area contributed by atoms with Gasteiger partial charge in [0.05, 0.1) is 16.7 Å². The first-order chi connectivity index (χ1) is 9.02. The number of nitrogens with zero attached hydrogens (tertiary/aromatic N) is 2. The number of aryl methyl sites for hydroxylation is 1. The van der Waals surface area contributed by atoms with Gasteiger partial charge in [0, 0.05) is 22.6 Å². The molecule has 1 heterocycles. The van der Waals surface area contributed by atoms with Crippen molar-refractivity contribution < 1.29 is 4.92 Å². The third kappa shape index (κ3) is 2.80. The zero-order valence-corrected chi connectivity index (χ0v) is 11.6. The third-order valence-electron chi connectivity index (χ3n) is 2.98. The second-order valence-electron chi connectivity index (χ2n) is 4.34. The van der Waals surface area contributed by atoms with E-state index in [2.05, 4.69) is 4.98 Å². The molecule has 1 aromatic heterocycles. The van der Waals surface area contributed by atoms with Gasteiger partial charge in [-0.25, -0.2) is 4.98 Å². The molecule has 2 N–H and O–H groups in total. The molecular weight excluding hydrogens is 262 g/mol. The molecule has 2 aromatic rings. The molecule has 0 aliphatic rings. The molecule has 6 heteroatoms. The van der Waals surface area contributed by atoms with Crippen LogP contribution in [0.25, 0.3) is 11.3 Å². The molecule has 0 saturated carbocycles. The van der Waals surface area contributed by atoms with Gasteiger partial charge in [-0.3, -0.25) is 10.1 Å². The molecule has 100 valence electrons. The van der Waals surface area contributed by atoms with Gasteiger partial charge < -0.3 is 5.73 Å². The maximum absolute atomic E-state index is 10.9. The number of hydrogen-bond acceptors (Lipinski definition) is 5. The van der Waals surface area contributed by atoms with Crippen LogP contribution in [0.2, 0.25) is 0 Å². The molecule has 1 aromatic carbocycles. The van der Waals surface area contributed by atoms with E-state index >= 15 is 0 Å². The van der Waals surface area contributed by atoms with Gasteiger partial charge in [0.1, 0.15) is 5.01 Å². The average molecular weight is 277 g/mol. The fourth-order valence-electron chi connectivity index (χ4n) is 1.73. The zero-order valence-electron chi connectivity index (χ0n) is 10.8. The summed E-state index contributed by atoms with van der Waals surface area (Å²) in [6, 6.07) is 5.08. The smallest absolute Gasteiger partial charge is 0.272 e. The topological polar surface area (TPSA) is 82.0 Å². The molecule has 5 nitrogen and oxygen atoms in total. The first kappa shape index (κ1) is 13.6. The highest BCUT2D eigenvalue weighted by atomic mass is 32.1. The summed E-state index contributed by atoms with van der Waals surface area (Å²) in [5.74, 6) is 0. The second-order valence-corrected chi connectivity index (χ2v) is 5.23. The molecule has 1 atom stereocenters. The Hall–Kier alpha value is -1.79. The van der Waals surface area contributed by atoms with Crippen molar-refractivity contribution in [2.45, 2.75) is 26.3 Å². The lowest BCUT2D eigenvalue weighted by Gasteiger charge is -2.03. The standard InChI is InChI=1S/C13H15N3O2S/c1-3-10(14)13-15-11(7-19-13)9-5-4-8(2)12(6-9)16(17)18/h4-7,10H,3,14H2,1-2H3. The van der Waals surface area contributed by atoms with Crippen LogP contribution in [0.1, 0.15) is 30.0 Å². The minimum absolute atomic E-state index is 0.0702. The van der Waals surface area contributed by atoms with Crippen LogP contribution in [0.15, 0.2) is 23.6 Å². The lowest BCUT2D eigenvalue weighted by atomic mass is 10.1. The quantitative estimate of drug-likeness (QED) is 0.685. The van der Waals surface area contributed by atoms with Gasteiger partial charge in [0.15, 0.2) is 0 Å². The fraction of sp³-hybridized carbons (Fsp3) is 0.308. The third-order valence-corrected chi connectivity index (χ3v) is 3.96. The molecule has 0 fully saturated rings. The van der Waals surface area contributed by atoms with Crippen LogP contribution in [0.5, 0.6) is 0 Å². The molecule has 1 unspecified atom stereocenters. The Balaban J connectivity index is 2.39. The molecule has 0 bridgehead atoms. The van der Waals surface area contributed by atoms with Crippen LogP contribution < -0.4 is 5.73 Å². The summed E-state index contributed by atoms with van der Waals surface area (Å²) in [6.45, 7) is 3.73. The summed E-state index contributed by atoms with van der Waals surface area (Å²) in [5.41, 5.74) is 8.19. The van der Waals surface area contributed by atoms with Gasteiger partial charge >= 0.3 is 0 Å². The Bertz CT molecular complexity index is 610. The Morgan fingerprint density at radius 1 is 1.53 bits per heavy atom. The van der Waals surface area contributed by atoms with Gasteiger partial charge in [0.25, 0.3) is 5.69 Å². The van der Waals surface area contributed by atoms with Crippen LogP contribution in [-0.2, 0) is 0 Å². The van der Waals surface area contributed by atoms with E-state index < -0.39 is 0 Å². The number of nitro benzene ring substituents is 1. The lowest BCUT2D eigenvalue weighted by Crippen LogP contribution is -2.07. The zero-order chi connectivity index (χ0) is 14.0. The normalized spacial score (nSPS) is 12.4. The predicted molar refractivity (Wildman–Crippen MR) is 76.2 cm³/mol. The van der Waals surface area contributed by atoms with Crippen LogP contribution >= 0.6 is 11.3 Å². The van der Waals surface area contributed by atoms with Crippen molar-refractivity contribution in [1.82, 2.24) is 4.98 Å². The van der Waals surface area contributed by atoms with E-state index in [0.29, 0.717) is 5.56 Å². The van der Waals surface area contributed by atoms with E-state index in [4.69, 9.17) is 5.73 Å². The first-order valence-electron chi connectivity index (χ1n) is 5.99. The van der Waals surface area contributed by atoms with Gasteiger partial charge in [0.2, 0.25) is 0 Å². The van der Waals surface area contributed by atoms with Crippen LogP contribution in [0.4, 0.5) is 5.69 Å². The van der Waals surface area contributed by atoms with Crippen LogP contribution in [-0.4, -0.2) is 9.91 Å². The molecule has 0 aliphatic heterocycles. The molecule has 0 aliphatic carbocycles. The number of thiazole rings is 1. The maximum atomic E-state index is 10.9. The Morgan fingerprint density at radius 3 is 2.89 bits per heavy atom. The summed E-state index contributed by atoms with van der Waals surface area (Å²) < 4.78 is 0. The van der Waals surface area contributed by atoms with E-state index in [0.717, 1.165) is 22.7 Å². The van der Waals surface area contributed by atoms with Gasteiger partial charge in [-0.05, 0) is 13.3 Å². The summed E-state index contributed by atoms with van der Waals surface area (Å²) in [7, 11) is 0. The summed E-state index contributed by atoms with van der Waals surface area (Å²) in [4.78, 5) is 15.0. The molecule has 0 spiro atoms. The Morgan fingerprint density at radius 2 is 2.26 bits per heavy atom. The SMILES string of the molecule is CCC(N)c1nc(-c2ccc(C)c([N+](=O)[O-])c2)cs1. The van der Waals surface area contributed by atoms with Crippen LogP contribution in [0.3, 0.4) is 0 Å². The van der Waals surface area contributed by atoms with Crippen molar-refractivity contribution in [3.8, 4) is 11.3 Å². The van der Waals surface area contributed by atoms with Crippen molar-refractivity contribution in [3.05, 3.63) is 44.3 Å². The second kappa shape index (κ2) is 5.46. The van der Waals surface area contributed by atoms with Gasteiger partial charge in [-0.1, -0.05) is 19.1 Å². The highest BCUT2D eigenvalue weighted by molar-refractivity contribution is 7.10. The molecule has 0 amide bonds. The number of hydrogen-bond donors (Lipinski definition) is 1. The fourth-order valence-corrected chi connectivity index (χ4v) is 2.64. The minimum atomic E-state index is -0.371. The van der Waals surface area contributed by atoms with Crippen molar-refractivity contribution >= 4 is 17.0 Å². The molecule has 19 heavy (non-hydrogen) atoms. The predicted octanol–water partition coefficient (Wildman–Crippen LogP) is 3.44. The number of rotatable bonds is 4. The van der Waals surface area contributed by atoms with Crippen molar-refractivity contribution in [3.63, 3.8) is 0 Å². The molecular formula is C13H15N3O2S. The molecule has 0 radical (unpaired) electrons. The van der Waals surface area contributed by atoms with Crippen molar-refractivity contribution in [2.24, 2.45) is 5.73 Å². The molecule has 0 saturated heterocycles. The number of benzene rings is 1. The Labute approximate surface area is 115 Å². The summed E-state index contributed by atoms with van der Waals surface area (Å²) in [5, 5.41) is 13.7. The highest BCUT2D eigenvalue weighted by Crippen LogP contribution is 2.29. The van der Waals surface area contributed by atoms with E-state index in [1.165, 1.54) is 11.3 Å². The Kier molecular flexibility index (Phi) is 3.92. The van der Waals surface area contributed by atoms with Gasteiger partial charge in [-0.15, -0.1) is 11.3 Å². The highest BCUT2D eigenvalue weighted by Gasteiger charge is 2.15. The largest absolute Gasteiger partial charge is 0.322 e. The monoisotopic (exact) mass is 277 g/mol.